The quantitative estimate of drug-likeness (QED) is 0.538. The third-order valence-electron chi connectivity index (χ3n) is 0. The van der Waals surface area contributed by atoms with Crippen LogP contribution in [-0.2, 0) is 0 Å². The molecule has 0 saturated heterocycles. The average Bonchev–Trinajstić information content (AvgIpc) is 0. The summed E-state index contributed by atoms with van der Waals surface area (Å²) in [5.74, 6) is 0. The molecule has 0 aliphatic heterocycles. The van der Waals surface area contributed by atoms with Gasteiger partial charge in [-0.15, -0.1) is 37.2 Å². The van der Waals surface area contributed by atoms with E-state index in [9.17, 15) is 0 Å². The molecule has 0 saturated carbocycles. The minimum Gasteiger partial charge on any atom is -0.147 e. The Hall–Kier alpha value is 2.68. The molecule has 0 spiro atoms. The molecule has 0 rings (SSSR count). The van der Waals surface area contributed by atoms with Gasteiger partial charge in [0.1, 0.15) is 0 Å². The van der Waals surface area contributed by atoms with Crippen LogP contribution >= 0.6 is 37.2 Å². The summed E-state index contributed by atoms with van der Waals surface area (Å²) in [7, 11) is 0. The number of halogens is 3. The van der Waals surface area contributed by atoms with Gasteiger partial charge in [-0.05, 0) is 0 Å². The van der Waals surface area contributed by atoms with E-state index in [0.717, 1.165) is 0 Å². The molecular weight excluding hydrogens is 192 g/mol. The van der Waals surface area contributed by atoms with Gasteiger partial charge in [-0.3, -0.25) is 0 Å². The van der Waals surface area contributed by atoms with E-state index in [2.05, 4.69) is 0 Å². The Labute approximate surface area is 93.1 Å². The first kappa shape index (κ1) is 30.0. The van der Waals surface area contributed by atoms with Gasteiger partial charge in [0.15, 0.2) is 0 Å². The fourth-order valence-electron chi connectivity index (χ4n) is 0. The standard InChI is InChI=1S/3ClH.Rb/h3*1H;. The van der Waals surface area contributed by atoms with Crippen LogP contribution in [0.15, 0.2) is 0 Å². The molecule has 25 valence electrons. The fraction of sp³-hybridized carbons (Fsp3) is 0. The fourth-order valence-corrected chi connectivity index (χ4v) is 0. The Morgan fingerprint density at radius 3 is 0.500 bits per heavy atom. The van der Waals surface area contributed by atoms with Crippen molar-refractivity contribution in [3.05, 3.63) is 0 Å². The van der Waals surface area contributed by atoms with Crippen LogP contribution in [0.25, 0.3) is 0 Å². The van der Waals surface area contributed by atoms with Crippen molar-refractivity contribution in [1.82, 2.24) is 0 Å². The van der Waals surface area contributed by atoms with E-state index in [4.69, 9.17) is 0 Å². The van der Waals surface area contributed by atoms with Crippen LogP contribution in [0, 0.1) is 0 Å². The summed E-state index contributed by atoms with van der Waals surface area (Å²) in [6.07, 6.45) is 0. The number of hydrogen-bond acceptors (Lipinski definition) is 0. The Bertz CT molecular complexity index is 3.25. The van der Waals surface area contributed by atoms with Crippen molar-refractivity contribution in [3.8, 4) is 0 Å². The maximum atomic E-state index is 0. The maximum Gasteiger partial charge on any atom is 0 e. The van der Waals surface area contributed by atoms with E-state index in [0.29, 0.717) is 0 Å². The van der Waals surface area contributed by atoms with Crippen molar-refractivity contribution < 1.29 is 0 Å². The summed E-state index contributed by atoms with van der Waals surface area (Å²) in [4.78, 5) is 0. The summed E-state index contributed by atoms with van der Waals surface area (Å²) >= 11 is 0. The zero-order valence-corrected chi connectivity index (χ0v) is 9.59. The van der Waals surface area contributed by atoms with Crippen molar-refractivity contribution in [3.63, 3.8) is 0 Å². The first-order valence-electron chi connectivity index (χ1n) is 0. The first-order valence-corrected chi connectivity index (χ1v) is 0. The van der Waals surface area contributed by atoms with E-state index < -0.39 is 0 Å². The monoisotopic (exact) mass is 193 g/mol. The van der Waals surface area contributed by atoms with Crippen LogP contribution in [0.2, 0.25) is 0 Å². The van der Waals surface area contributed by atoms with Crippen LogP contribution in [-0.4, -0.2) is 58.2 Å². The number of rotatable bonds is 0. The molecule has 0 aromatic carbocycles. The van der Waals surface area contributed by atoms with Crippen LogP contribution in [0.5, 0.6) is 0 Å². The minimum atomic E-state index is 0. The van der Waals surface area contributed by atoms with Crippen LogP contribution < -0.4 is 0 Å². The molecule has 4 heavy (non-hydrogen) atoms. The van der Waals surface area contributed by atoms with Gasteiger partial charge in [0.05, 0.1) is 0 Å². The van der Waals surface area contributed by atoms with E-state index in [-0.39, 0.29) is 95.4 Å². The molecule has 0 aromatic rings. The van der Waals surface area contributed by atoms with Gasteiger partial charge in [0, 0.05) is 58.2 Å². The average molecular weight is 195 g/mol. The minimum absolute atomic E-state index is 0. The van der Waals surface area contributed by atoms with Crippen LogP contribution in [0.3, 0.4) is 0 Å². The predicted octanol–water partition coefficient (Wildman–Crippen LogP) is 0.885. The van der Waals surface area contributed by atoms with E-state index in [1.165, 1.54) is 0 Å². The molecule has 1 radical (unpaired) electrons. The molecule has 0 unspecified atom stereocenters. The Kier molecular flexibility index (Phi) is 130. The van der Waals surface area contributed by atoms with Gasteiger partial charge in [0.2, 0.25) is 0 Å². The van der Waals surface area contributed by atoms with Gasteiger partial charge >= 0.3 is 0 Å². The molecule has 0 aromatic heterocycles. The second-order valence-corrected chi connectivity index (χ2v) is 0. The predicted molar refractivity (Wildman–Crippen MR) is 27.5 cm³/mol. The van der Waals surface area contributed by atoms with E-state index >= 15 is 0 Å². The second-order valence-electron chi connectivity index (χ2n) is 0. The molecular formula is H3Cl3Rb. The Morgan fingerprint density at radius 2 is 0.500 bits per heavy atom. The van der Waals surface area contributed by atoms with Gasteiger partial charge < -0.3 is 0 Å². The van der Waals surface area contributed by atoms with Crippen molar-refractivity contribution in [2.24, 2.45) is 0 Å². The van der Waals surface area contributed by atoms with Gasteiger partial charge in [-0.1, -0.05) is 0 Å². The summed E-state index contributed by atoms with van der Waals surface area (Å²) < 4.78 is 0. The zero-order chi connectivity index (χ0) is 0. The smallest absolute Gasteiger partial charge is 0 e. The maximum absolute atomic E-state index is 0. The zero-order valence-electron chi connectivity index (χ0n) is 2.22. The number of hydrogen-bond donors (Lipinski definition) is 0. The van der Waals surface area contributed by atoms with Crippen molar-refractivity contribution >= 4 is 95.4 Å². The molecule has 0 amide bonds. The molecule has 0 heterocycles. The molecule has 0 nitrogen and oxygen atoms in total. The van der Waals surface area contributed by atoms with Crippen LogP contribution in [0.4, 0.5) is 0 Å². The first-order chi connectivity index (χ1) is 0. The van der Waals surface area contributed by atoms with Crippen LogP contribution in [0.1, 0.15) is 0 Å². The third-order valence-corrected chi connectivity index (χ3v) is 0. The van der Waals surface area contributed by atoms with E-state index in [1.54, 1.807) is 0 Å². The second kappa shape index (κ2) is 17.3. The molecule has 4 heteroatoms. The molecule has 0 atom stereocenters. The van der Waals surface area contributed by atoms with Gasteiger partial charge in [-0.25, -0.2) is 0 Å². The Balaban J connectivity index is 0. The molecule has 0 aliphatic rings. The molecule has 0 aliphatic carbocycles. The largest absolute Gasteiger partial charge is 0.147 e. The summed E-state index contributed by atoms with van der Waals surface area (Å²) in [5, 5.41) is 0. The molecule has 0 N–H and O–H groups in total. The summed E-state index contributed by atoms with van der Waals surface area (Å²) in [6.45, 7) is 0. The third kappa shape index (κ3) is 8.82. The SMILES string of the molecule is Cl.Cl.Cl.[Rb]. The Morgan fingerprint density at radius 1 is 0.500 bits per heavy atom. The summed E-state index contributed by atoms with van der Waals surface area (Å²) in [5.41, 5.74) is 0. The van der Waals surface area contributed by atoms with Gasteiger partial charge in [-0.2, -0.15) is 0 Å². The van der Waals surface area contributed by atoms with Gasteiger partial charge in [0.25, 0.3) is 0 Å². The van der Waals surface area contributed by atoms with Crippen molar-refractivity contribution in [2.75, 3.05) is 0 Å². The van der Waals surface area contributed by atoms with Crippen molar-refractivity contribution in [2.45, 2.75) is 0 Å². The normalized spacial score (nSPS) is 0. The topological polar surface area (TPSA) is 0 Å². The molecule has 0 fully saturated rings. The summed E-state index contributed by atoms with van der Waals surface area (Å²) in [6, 6.07) is 0. The molecule has 0 bridgehead atoms. The van der Waals surface area contributed by atoms with E-state index in [1.807, 2.05) is 0 Å². The van der Waals surface area contributed by atoms with Crippen molar-refractivity contribution in [1.29, 1.82) is 0 Å².